The lowest BCUT2D eigenvalue weighted by Crippen LogP contribution is -2.41. The van der Waals surface area contributed by atoms with E-state index >= 15 is 0 Å². The number of nitrogens with zero attached hydrogens (tertiary/aromatic N) is 3. The summed E-state index contributed by atoms with van der Waals surface area (Å²) in [7, 11) is -3.54. The molecule has 0 saturated carbocycles. The van der Waals surface area contributed by atoms with E-state index in [0.717, 1.165) is 38.3 Å². The van der Waals surface area contributed by atoms with Crippen LogP contribution < -0.4 is 4.72 Å². The van der Waals surface area contributed by atoms with Crippen molar-refractivity contribution in [2.24, 2.45) is 5.92 Å². The van der Waals surface area contributed by atoms with Crippen molar-refractivity contribution in [3.05, 3.63) is 17.1 Å². The fourth-order valence-corrected chi connectivity index (χ4v) is 6.36. The first-order chi connectivity index (χ1) is 11.4. The Morgan fingerprint density at radius 1 is 1.12 bits per heavy atom. The zero-order chi connectivity index (χ0) is 16.9. The fraction of sp³-hybridized carbons (Fsp3) is 0.467. The summed E-state index contributed by atoms with van der Waals surface area (Å²) >= 11 is 2.99. The van der Waals surface area contributed by atoms with Crippen molar-refractivity contribution in [1.82, 2.24) is 14.3 Å². The molecule has 0 amide bonds. The van der Waals surface area contributed by atoms with E-state index in [1.165, 1.54) is 15.6 Å². The van der Waals surface area contributed by atoms with Crippen LogP contribution in [-0.2, 0) is 10.2 Å². The molecule has 0 unspecified atom stereocenters. The average molecular weight is 383 g/mol. The van der Waals surface area contributed by atoms with E-state index < -0.39 is 10.2 Å². The van der Waals surface area contributed by atoms with Crippen LogP contribution in [0.3, 0.4) is 0 Å². The molecule has 4 rings (SSSR count). The highest BCUT2D eigenvalue weighted by Crippen LogP contribution is 2.36. The minimum absolute atomic E-state index is 0.419. The van der Waals surface area contributed by atoms with Gasteiger partial charge in [-0.3, -0.25) is 0 Å². The zero-order valence-electron chi connectivity index (χ0n) is 13.4. The molecule has 9 heteroatoms. The molecule has 1 aromatic carbocycles. The summed E-state index contributed by atoms with van der Waals surface area (Å²) in [6, 6.07) is 3.83. The van der Waals surface area contributed by atoms with Gasteiger partial charge in [-0.25, -0.2) is 14.7 Å². The smallest absolute Gasteiger partial charge is 0.246 e. The summed E-state index contributed by atoms with van der Waals surface area (Å²) in [5.41, 5.74) is 1.74. The van der Waals surface area contributed by atoms with Crippen LogP contribution in [0.5, 0.6) is 0 Å². The number of benzene rings is 1. The van der Waals surface area contributed by atoms with Gasteiger partial charge in [-0.15, -0.1) is 11.3 Å². The Hall–Kier alpha value is -1.29. The van der Waals surface area contributed by atoms with E-state index in [1.807, 2.05) is 19.1 Å². The number of rotatable bonds is 3. The summed E-state index contributed by atoms with van der Waals surface area (Å²) in [6.45, 7) is 5.27. The summed E-state index contributed by atoms with van der Waals surface area (Å²) in [6.07, 6.45) is 1.81. The van der Waals surface area contributed by atoms with E-state index in [0.29, 0.717) is 24.1 Å². The van der Waals surface area contributed by atoms with Crippen LogP contribution in [0.25, 0.3) is 20.4 Å². The lowest BCUT2D eigenvalue weighted by atomic mass is 10.0. The van der Waals surface area contributed by atoms with Gasteiger partial charge < -0.3 is 0 Å². The molecule has 1 fully saturated rings. The van der Waals surface area contributed by atoms with E-state index in [2.05, 4.69) is 21.6 Å². The molecule has 128 valence electrons. The minimum atomic E-state index is -3.54. The first-order valence-corrected chi connectivity index (χ1v) is 10.9. The molecule has 6 nitrogen and oxygen atoms in total. The van der Waals surface area contributed by atoms with Gasteiger partial charge in [-0.05, 0) is 37.8 Å². The Labute approximate surface area is 148 Å². The van der Waals surface area contributed by atoms with Crippen LogP contribution in [0, 0.1) is 12.8 Å². The molecule has 3 aromatic rings. The standard InChI is InChI=1S/C15H18N4O2S3/c1-9-5-7-19(8-6-9)24(20,21)18-15-17-12-4-3-11-13(14(12)23-15)22-10(2)16-11/h3-4,9H,5-8H2,1-2H3,(H,17,18). The lowest BCUT2D eigenvalue weighted by Gasteiger charge is -2.29. The monoisotopic (exact) mass is 382 g/mol. The molecule has 1 saturated heterocycles. The predicted molar refractivity (Wildman–Crippen MR) is 100 cm³/mol. The third-order valence-corrected chi connectivity index (χ3v) is 8.08. The van der Waals surface area contributed by atoms with Gasteiger partial charge in [0.15, 0.2) is 5.13 Å². The highest BCUT2D eigenvalue weighted by atomic mass is 32.2. The molecule has 0 atom stereocenters. The molecule has 0 radical (unpaired) electrons. The molecule has 3 heterocycles. The number of nitrogens with one attached hydrogen (secondary N) is 1. The van der Waals surface area contributed by atoms with Crippen LogP contribution in [0.1, 0.15) is 24.8 Å². The van der Waals surface area contributed by atoms with Gasteiger partial charge in [-0.2, -0.15) is 12.7 Å². The molecule has 0 bridgehead atoms. The van der Waals surface area contributed by atoms with Crippen molar-refractivity contribution in [2.75, 3.05) is 17.8 Å². The van der Waals surface area contributed by atoms with Crippen LogP contribution >= 0.6 is 22.7 Å². The SMILES string of the molecule is Cc1nc2ccc3nc(NS(=O)(=O)N4CCC(C)CC4)sc3c2s1. The second-order valence-corrected chi connectivity index (χ2v) is 10.1. The number of hydrogen-bond acceptors (Lipinski definition) is 6. The number of aromatic nitrogens is 2. The molecular formula is C15H18N4O2S3. The normalized spacial score (nSPS) is 17.8. The molecule has 24 heavy (non-hydrogen) atoms. The third-order valence-electron chi connectivity index (χ3n) is 4.32. The second-order valence-electron chi connectivity index (χ2n) is 6.20. The van der Waals surface area contributed by atoms with Gasteiger partial charge >= 0.3 is 10.2 Å². The first kappa shape index (κ1) is 16.2. The van der Waals surface area contributed by atoms with Crippen LogP contribution in [-0.4, -0.2) is 35.8 Å². The second kappa shape index (κ2) is 5.91. The van der Waals surface area contributed by atoms with Crippen molar-refractivity contribution in [1.29, 1.82) is 0 Å². The van der Waals surface area contributed by atoms with Gasteiger partial charge in [0.1, 0.15) is 0 Å². The van der Waals surface area contributed by atoms with Crippen LogP contribution in [0.4, 0.5) is 5.13 Å². The van der Waals surface area contributed by atoms with Gasteiger partial charge in [0.25, 0.3) is 0 Å². The van der Waals surface area contributed by atoms with Crippen molar-refractivity contribution in [2.45, 2.75) is 26.7 Å². The molecule has 1 aliphatic rings. The maximum Gasteiger partial charge on any atom is 0.303 e. The predicted octanol–water partition coefficient (Wildman–Crippen LogP) is 3.60. The van der Waals surface area contributed by atoms with Gasteiger partial charge in [0.2, 0.25) is 0 Å². The molecule has 2 aromatic heterocycles. The van der Waals surface area contributed by atoms with Gasteiger partial charge in [0.05, 0.1) is 25.4 Å². The summed E-state index contributed by atoms with van der Waals surface area (Å²) < 4.78 is 31.4. The highest BCUT2D eigenvalue weighted by Gasteiger charge is 2.27. The Morgan fingerprint density at radius 3 is 2.46 bits per heavy atom. The van der Waals surface area contributed by atoms with Crippen molar-refractivity contribution in [3.63, 3.8) is 0 Å². The average Bonchev–Trinajstić information content (AvgIpc) is 3.08. The number of fused-ring (bicyclic) bond motifs is 3. The molecule has 0 spiro atoms. The van der Waals surface area contributed by atoms with Gasteiger partial charge in [-0.1, -0.05) is 18.3 Å². The maximum absolute atomic E-state index is 12.6. The number of thiazole rings is 2. The Morgan fingerprint density at radius 2 is 1.75 bits per heavy atom. The Kier molecular flexibility index (Phi) is 3.98. The summed E-state index contributed by atoms with van der Waals surface area (Å²) in [4.78, 5) is 8.93. The first-order valence-electron chi connectivity index (χ1n) is 7.87. The van der Waals surface area contributed by atoms with E-state index in [4.69, 9.17) is 0 Å². The van der Waals surface area contributed by atoms with Crippen LogP contribution in [0.2, 0.25) is 0 Å². The van der Waals surface area contributed by atoms with Crippen molar-refractivity contribution >= 4 is 58.4 Å². The zero-order valence-corrected chi connectivity index (χ0v) is 15.9. The third kappa shape index (κ3) is 2.90. The highest BCUT2D eigenvalue weighted by molar-refractivity contribution is 7.90. The van der Waals surface area contributed by atoms with Crippen LogP contribution in [0.15, 0.2) is 12.1 Å². The minimum Gasteiger partial charge on any atom is -0.246 e. The molecule has 0 aliphatic carbocycles. The van der Waals surface area contributed by atoms with E-state index in [9.17, 15) is 8.42 Å². The van der Waals surface area contributed by atoms with Crippen molar-refractivity contribution < 1.29 is 8.42 Å². The summed E-state index contributed by atoms with van der Waals surface area (Å²) in [5.74, 6) is 0.585. The van der Waals surface area contributed by atoms with Gasteiger partial charge in [0, 0.05) is 13.1 Å². The fourth-order valence-electron chi connectivity index (χ4n) is 2.93. The number of hydrogen-bond donors (Lipinski definition) is 1. The number of aryl methyl sites for hydroxylation is 1. The Bertz CT molecular complexity index is 1000. The van der Waals surface area contributed by atoms with E-state index in [-0.39, 0.29) is 0 Å². The number of piperidine rings is 1. The Balaban J connectivity index is 1.65. The summed E-state index contributed by atoms with van der Waals surface area (Å²) in [5, 5.41) is 1.41. The largest absolute Gasteiger partial charge is 0.303 e. The van der Waals surface area contributed by atoms with E-state index in [1.54, 1.807) is 11.3 Å². The quantitative estimate of drug-likeness (QED) is 0.751. The molecular weight excluding hydrogens is 364 g/mol. The van der Waals surface area contributed by atoms with Crippen molar-refractivity contribution in [3.8, 4) is 0 Å². The maximum atomic E-state index is 12.6. The molecule has 1 N–H and O–H groups in total. The lowest BCUT2D eigenvalue weighted by molar-refractivity contribution is 0.289. The topological polar surface area (TPSA) is 75.2 Å². The number of anilines is 1. The molecule has 1 aliphatic heterocycles.